The van der Waals surface area contributed by atoms with Crippen molar-refractivity contribution in [3.63, 3.8) is 0 Å². The number of anilines is 1. The summed E-state index contributed by atoms with van der Waals surface area (Å²) in [7, 11) is 0. The van der Waals surface area contributed by atoms with Gasteiger partial charge in [-0.1, -0.05) is 18.5 Å². The lowest BCUT2D eigenvalue weighted by Gasteiger charge is -1.97. The summed E-state index contributed by atoms with van der Waals surface area (Å²) in [5.41, 5.74) is 6.11. The van der Waals surface area contributed by atoms with E-state index in [1.54, 1.807) is 0 Å². The molecule has 1 heterocycles. The lowest BCUT2D eigenvalue weighted by atomic mass is 10.1. The number of rotatable bonds is 2. The molecule has 14 heavy (non-hydrogen) atoms. The van der Waals surface area contributed by atoms with Crippen molar-refractivity contribution in [3.8, 4) is 6.07 Å². The second-order valence-corrected chi connectivity index (χ2v) is 4.14. The molecule has 0 aromatic carbocycles. The second-order valence-electron chi connectivity index (χ2n) is 2.51. The van der Waals surface area contributed by atoms with Gasteiger partial charge in [0.05, 0.1) is 9.90 Å². The van der Waals surface area contributed by atoms with Crippen molar-refractivity contribution in [2.45, 2.75) is 13.3 Å². The largest absolute Gasteiger partial charge is 0.351 e. The number of hydrogen-bond acceptors (Lipinski definition) is 3. The fourth-order valence-electron chi connectivity index (χ4n) is 1.07. The van der Waals surface area contributed by atoms with Crippen LogP contribution < -0.4 is 11.1 Å². The highest BCUT2D eigenvalue weighted by Gasteiger charge is 2.16. The number of carbonyl (C=O) groups excluding carboxylic acids is 1. The van der Waals surface area contributed by atoms with E-state index in [0.717, 1.165) is 16.9 Å². The molecule has 0 spiro atoms. The van der Waals surface area contributed by atoms with E-state index in [1.807, 2.05) is 13.0 Å². The number of nitrogens with two attached hydrogens (primary N) is 1. The van der Waals surface area contributed by atoms with Crippen molar-refractivity contribution in [1.29, 1.82) is 5.26 Å². The van der Waals surface area contributed by atoms with Crippen molar-refractivity contribution in [1.82, 2.24) is 0 Å². The molecule has 0 bridgehead atoms. The Hall–Kier alpha value is -1.25. The maximum atomic E-state index is 10.6. The summed E-state index contributed by atoms with van der Waals surface area (Å²) in [6.45, 7) is 1.89. The highest BCUT2D eigenvalue weighted by molar-refractivity contribution is 7.20. The Morgan fingerprint density at radius 3 is 2.86 bits per heavy atom. The first-order valence-corrected chi connectivity index (χ1v) is 5.07. The Balaban J connectivity index is 3.19. The number of hydrogen-bond donors (Lipinski definition) is 2. The molecule has 3 N–H and O–H groups in total. The van der Waals surface area contributed by atoms with Crippen molar-refractivity contribution in [2.75, 3.05) is 5.32 Å². The van der Waals surface area contributed by atoms with E-state index in [-0.39, 0.29) is 0 Å². The summed E-state index contributed by atoms with van der Waals surface area (Å²) in [5.74, 6) is 0. The van der Waals surface area contributed by atoms with E-state index in [0.29, 0.717) is 21.3 Å². The maximum absolute atomic E-state index is 10.6. The number of amides is 2. The van der Waals surface area contributed by atoms with Gasteiger partial charge in [0.15, 0.2) is 0 Å². The van der Waals surface area contributed by atoms with Crippen LogP contribution >= 0.6 is 22.9 Å². The van der Waals surface area contributed by atoms with Gasteiger partial charge in [0.2, 0.25) is 0 Å². The predicted molar refractivity (Wildman–Crippen MR) is 56.6 cm³/mol. The molecule has 0 aliphatic heterocycles. The Kier molecular flexibility index (Phi) is 3.33. The quantitative estimate of drug-likeness (QED) is 0.816. The van der Waals surface area contributed by atoms with Crippen LogP contribution in [0.5, 0.6) is 0 Å². The molecule has 1 aromatic rings. The van der Waals surface area contributed by atoms with E-state index >= 15 is 0 Å². The van der Waals surface area contributed by atoms with Crippen molar-refractivity contribution in [3.05, 3.63) is 15.5 Å². The van der Waals surface area contributed by atoms with Crippen molar-refractivity contribution >= 4 is 34.0 Å². The topological polar surface area (TPSA) is 78.9 Å². The normalized spacial score (nSPS) is 9.50. The fourth-order valence-corrected chi connectivity index (χ4v) is 2.50. The van der Waals surface area contributed by atoms with Crippen LogP contribution in [0.4, 0.5) is 9.80 Å². The van der Waals surface area contributed by atoms with Crippen LogP contribution in [0.15, 0.2) is 0 Å². The van der Waals surface area contributed by atoms with E-state index in [2.05, 4.69) is 5.32 Å². The van der Waals surface area contributed by atoms with Gasteiger partial charge in [0, 0.05) is 5.56 Å². The third kappa shape index (κ3) is 1.97. The zero-order chi connectivity index (χ0) is 10.7. The smallest absolute Gasteiger partial charge is 0.317 e. The molecule has 0 aliphatic carbocycles. The van der Waals surface area contributed by atoms with Crippen LogP contribution in [0, 0.1) is 11.3 Å². The van der Waals surface area contributed by atoms with Crippen molar-refractivity contribution in [2.24, 2.45) is 5.73 Å². The molecular weight excluding hydrogens is 222 g/mol. The van der Waals surface area contributed by atoms with Crippen LogP contribution in [-0.2, 0) is 6.42 Å². The molecule has 0 unspecified atom stereocenters. The third-order valence-corrected chi connectivity index (χ3v) is 3.06. The van der Waals surface area contributed by atoms with Crippen LogP contribution in [0.1, 0.15) is 18.1 Å². The summed E-state index contributed by atoms with van der Waals surface area (Å²) < 4.78 is 0.521. The van der Waals surface area contributed by atoms with Gasteiger partial charge >= 0.3 is 6.03 Å². The van der Waals surface area contributed by atoms with Crippen LogP contribution in [-0.4, -0.2) is 6.03 Å². The van der Waals surface area contributed by atoms with Crippen molar-refractivity contribution < 1.29 is 4.79 Å². The number of halogens is 1. The molecule has 0 saturated carbocycles. The maximum Gasteiger partial charge on any atom is 0.317 e. The zero-order valence-electron chi connectivity index (χ0n) is 7.43. The first-order chi connectivity index (χ1) is 6.60. The summed E-state index contributed by atoms with van der Waals surface area (Å²) in [6, 6.07) is 1.30. The number of urea groups is 1. The van der Waals surface area contributed by atoms with Crippen LogP contribution in [0.3, 0.4) is 0 Å². The zero-order valence-corrected chi connectivity index (χ0v) is 9.00. The molecule has 0 fully saturated rings. The molecule has 0 saturated heterocycles. The molecule has 0 atom stereocenters. The average molecular weight is 230 g/mol. The van der Waals surface area contributed by atoms with E-state index in [4.69, 9.17) is 22.6 Å². The molecule has 0 radical (unpaired) electrons. The SMILES string of the molecule is CCc1c(Cl)sc(NC(N)=O)c1C#N. The summed E-state index contributed by atoms with van der Waals surface area (Å²) >= 11 is 7.04. The molecular formula is C8H8ClN3OS. The summed E-state index contributed by atoms with van der Waals surface area (Å²) in [5, 5.41) is 11.7. The number of primary amides is 1. The molecule has 1 aromatic heterocycles. The van der Waals surface area contributed by atoms with Gasteiger partial charge in [0.1, 0.15) is 11.1 Å². The standard InChI is InChI=1S/C8H8ClN3OS/c1-2-4-5(3-10)7(12-8(11)13)14-6(4)9/h2H2,1H3,(H3,11,12,13). The molecule has 0 aliphatic rings. The Bertz CT molecular complexity index is 407. The van der Waals surface area contributed by atoms with E-state index < -0.39 is 6.03 Å². The minimum atomic E-state index is -0.693. The molecule has 1 rings (SSSR count). The van der Waals surface area contributed by atoms with E-state index in [9.17, 15) is 4.79 Å². The van der Waals surface area contributed by atoms with Gasteiger partial charge in [-0.3, -0.25) is 5.32 Å². The summed E-state index contributed by atoms with van der Waals surface area (Å²) in [6.07, 6.45) is 0.651. The van der Waals surface area contributed by atoms with Gasteiger partial charge in [0.25, 0.3) is 0 Å². The highest BCUT2D eigenvalue weighted by atomic mass is 35.5. The lowest BCUT2D eigenvalue weighted by molar-refractivity contribution is 0.259. The molecule has 4 nitrogen and oxygen atoms in total. The number of nitrogens with one attached hydrogen (secondary N) is 1. The first-order valence-electron chi connectivity index (χ1n) is 3.87. The lowest BCUT2D eigenvalue weighted by Crippen LogP contribution is -2.19. The van der Waals surface area contributed by atoms with Gasteiger partial charge < -0.3 is 5.73 Å². The third-order valence-electron chi connectivity index (χ3n) is 1.66. The van der Waals surface area contributed by atoms with E-state index in [1.165, 1.54) is 0 Å². The van der Waals surface area contributed by atoms with Gasteiger partial charge in [-0.25, -0.2) is 4.79 Å². The minimum Gasteiger partial charge on any atom is -0.351 e. The monoisotopic (exact) mass is 229 g/mol. The molecule has 6 heteroatoms. The number of thiophene rings is 1. The fraction of sp³-hybridized carbons (Fsp3) is 0.250. The first kappa shape index (κ1) is 10.8. The van der Waals surface area contributed by atoms with Crippen LogP contribution in [0.25, 0.3) is 0 Å². The van der Waals surface area contributed by atoms with Gasteiger partial charge in [-0.15, -0.1) is 11.3 Å². The summed E-state index contributed by atoms with van der Waals surface area (Å²) in [4.78, 5) is 10.6. The van der Waals surface area contributed by atoms with Gasteiger partial charge in [-0.05, 0) is 6.42 Å². The average Bonchev–Trinajstić information content (AvgIpc) is 2.39. The van der Waals surface area contributed by atoms with Gasteiger partial charge in [-0.2, -0.15) is 5.26 Å². The predicted octanol–water partition coefficient (Wildman–Crippen LogP) is 2.33. The number of carbonyl (C=O) groups is 1. The highest BCUT2D eigenvalue weighted by Crippen LogP contribution is 2.36. The Morgan fingerprint density at radius 2 is 2.43 bits per heavy atom. The Labute approximate surface area is 90.3 Å². The number of nitrogens with zero attached hydrogens (tertiary/aromatic N) is 1. The molecule has 2 amide bonds. The minimum absolute atomic E-state index is 0.404. The Morgan fingerprint density at radius 1 is 1.79 bits per heavy atom. The number of nitriles is 1. The molecule has 74 valence electrons. The van der Waals surface area contributed by atoms with Crippen LogP contribution in [0.2, 0.25) is 4.34 Å². The second kappa shape index (κ2) is 4.31.